The van der Waals surface area contributed by atoms with Gasteiger partial charge in [-0.05, 0) is 19.4 Å². The van der Waals surface area contributed by atoms with Crippen molar-refractivity contribution in [3.63, 3.8) is 0 Å². The molecule has 116 valence electrons. The lowest BCUT2D eigenvalue weighted by atomic mass is 10.1. The summed E-state index contributed by atoms with van der Waals surface area (Å²) in [4.78, 5) is 23.9. The highest BCUT2D eigenvalue weighted by Gasteiger charge is 2.24. The number of imidazole rings is 1. The van der Waals surface area contributed by atoms with E-state index < -0.39 is 0 Å². The van der Waals surface area contributed by atoms with Crippen LogP contribution in [0.5, 0.6) is 0 Å². The van der Waals surface area contributed by atoms with Gasteiger partial charge >= 0.3 is 0 Å². The highest BCUT2D eigenvalue weighted by molar-refractivity contribution is 5.79. The standard InChI is InChI=1S/C17H22N4O/c1-13-3-5-15(6-4-13)10-21-8-7-20(12-17(21)22)11-16-9-18-14(2)19-16/h3-6,9H,7-8,10-12H2,1-2H3,(H,18,19). The third kappa shape index (κ3) is 3.54. The molecule has 1 aromatic carbocycles. The van der Waals surface area contributed by atoms with Crippen molar-refractivity contribution in [1.82, 2.24) is 19.8 Å². The minimum absolute atomic E-state index is 0.197. The summed E-state index contributed by atoms with van der Waals surface area (Å²) in [5, 5.41) is 0. The number of rotatable bonds is 4. The molecule has 2 aromatic rings. The number of hydrogen-bond donors (Lipinski definition) is 1. The minimum Gasteiger partial charge on any atom is -0.345 e. The molecule has 22 heavy (non-hydrogen) atoms. The van der Waals surface area contributed by atoms with E-state index in [1.807, 2.05) is 18.0 Å². The maximum atomic E-state index is 12.3. The van der Waals surface area contributed by atoms with Crippen molar-refractivity contribution in [2.45, 2.75) is 26.9 Å². The maximum absolute atomic E-state index is 12.3. The molecule has 3 rings (SSSR count). The van der Waals surface area contributed by atoms with Gasteiger partial charge in [0.2, 0.25) is 5.91 Å². The molecule has 1 N–H and O–H groups in total. The molecule has 1 aromatic heterocycles. The Morgan fingerprint density at radius 3 is 2.55 bits per heavy atom. The van der Waals surface area contributed by atoms with Gasteiger partial charge in [-0.2, -0.15) is 0 Å². The molecule has 5 heteroatoms. The number of hydrogen-bond acceptors (Lipinski definition) is 3. The predicted molar refractivity (Wildman–Crippen MR) is 85.2 cm³/mol. The fourth-order valence-electron chi connectivity index (χ4n) is 2.77. The molecule has 1 saturated heterocycles. The topological polar surface area (TPSA) is 52.2 Å². The Balaban J connectivity index is 1.55. The van der Waals surface area contributed by atoms with Gasteiger partial charge < -0.3 is 9.88 Å². The van der Waals surface area contributed by atoms with Crippen LogP contribution in [0.3, 0.4) is 0 Å². The molecule has 0 saturated carbocycles. The van der Waals surface area contributed by atoms with Gasteiger partial charge in [0.05, 0.1) is 6.54 Å². The summed E-state index contributed by atoms with van der Waals surface area (Å²) in [6.07, 6.45) is 1.85. The van der Waals surface area contributed by atoms with Crippen molar-refractivity contribution in [2.75, 3.05) is 19.6 Å². The Hall–Kier alpha value is -2.14. The van der Waals surface area contributed by atoms with Crippen LogP contribution in [0.4, 0.5) is 0 Å². The largest absolute Gasteiger partial charge is 0.345 e. The van der Waals surface area contributed by atoms with Gasteiger partial charge in [-0.1, -0.05) is 29.8 Å². The summed E-state index contributed by atoms with van der Waals surface area (Å²) in [7, 11) is 0. The first-order valence-corrected chi connectivity index (χ1v) is 7.66. The number of aromatic amines is 1. The summed E-state index contributed by atoms with van der Waals surface area (Å²) in [6.45, 7) is 7.62. The molecule has 0 atom stereocenters. The highest BCUT2D eigenvalue weighted by Crippen LogP contribution is 2.12. The van der Waals surface area contributed by atoms with Crippen molar-refractivity contribution >= 4 is 5.91 Å². The van der Waals surface area contributed by atoms with Crippen molar-refractivity contribution in [1.29, 1.82) is 0 Å². The van der Waals surface area contributed by atoms with Crippen LogP contribution in [-0.4, -0.2) is 45.3 Å². The first kappa shape index (κ1) is 14.8. The Kier molecular flexibility index (Phi) is 4.24. The number of benzene rings is 1. The van der Waals surface area contributed by atoms with Crippen LogP contribution >= 0.6 is 0 Å². The predicted octanol–water partition coefficient (Wildman–Crippen LogP) is 1.87. The van der Waals surface area contributed by atoms with Gasteiger partial charge in [0.1, 0.15) is 5.82 Å². The summed E-state index contributed by atoms with van der Waals surface area (Å²) in [6, 6.07) is 8.39. The van der Waals surface area contributed by atoms with Crippen LogP contribution in [0.1, 0.15) is 22.6 Å². The van der Waals surface area contributed by atoms with Crippen LogP contribution in [0.25, 0.3) is 0 Å². The molecular formula is C17H22N4O. The molecular weight excluding hydrogens is 276 g/mol. The number of piperazine rings is 1. The van der Waals surface area contributed by atoms with Gasteiger partial charge in [-0.25, -0.2) is 4.98 Å². The van der Waals surface area contributed by atoms with Crippen LogP contribution in [0.2, 0.25) is 0 Å². The van der Waals surface area contributed by atoms with E-state index in [1.165, 1.54) is 11.1 Å². The number of carbonyl (C=O) groups excluding carboxylic acids is 1. The Bertz CT molecular complexity index is 647. The van der Waals surface area contributed by atoms with E-state index in [0.717, 1.165) is 31.2 Å². The lowest BCUT2D eigenvalue weighted by molar-refractivity contribution is -0.136. The number of nitrogens with zero attached hydrogens (tertiary/aromatic N) is 3. The molecule has 1 amide bonds. The maximum Gasteiger partial charge on any atom is 0.237 e. The van der Waals surface area contributed by atoms with Crippen molar-refractivity contribution < 1.29 is 4.79 Å². The zero-order valence-corrected chi connectivity index (χ0v) is 13.2. The second-order valence-corrected chi connectivity index (χ2v) is 6.01. The smallest absolute Gasteiger partial charge is 0.237 e. The molecule has 0 bridgehead atoms. The zero-order chi connectivity index (χ0) is 15.5. The molecule has 2 heterocycles. The lowest BCUT2D eigenvalue weighted by Gasteiger charge is -2.34. The molecule has 1 fully saturated rings. The normalized spacial score (nSPS) is 16.3. The van der Waals surface area contributed by atoms with E-state index in [4.69, 9.17) is 0 Å². The zero-order valence-electron chi connectivity index (χ0n) is 13.2. The summed E-state index contributed by atoms with van der Waals surface area (Å²) in [5.74, 6) is 1.11. The Morgan fingerprint density at radius 2 is 1.91 bits per heavy atom. The van der Waals surface area contributed by atoms with Crippen molar-refractivity contribution in [3.05, 3.63) is 53.1 Å². The van der Waals surface area contributed by atoms with E-state index in [-0.39, 0.29) is 5.91 Å². The van der Waals surface area contributed by atoms with Crippen molar-refractivity contribution in [2.24, 2.45) is 0 Å². The van der Waals surface area contributed by atoms with E-state index >= 15 is 0 Å². The minimum atomic E-state index is 0.197. The average molecular weight is 298 g/mol. The molecule has 0 radical (unpaired) electrons. The molecule has 1 aliphatic heterocycles. The van der Waals surface area contributed by atoms with Gasteiger partial charge in [0.15, 0.2) is 0 Å². The Labute approximate surface area is 131 Å². The molecule has 1 aliphatic rings. The number of nitrogens with one attached hydrogen (secondary N) is 1. The summed E-state index contributed by atoms with van der Waals surface area (Å²) < 4.78 is 0. The van der Waals surface area contributed by atoms with Crippen LogP contribution in [0, 0.1) is 13.8 Å². The van der Waals surface area contributed by atoms with E-state index in [9.17, 15) is 4.79 Å². The number of aromatic nitrogens is 2. The first-order valence-electron chi connectivity index (χ1n) is 7.66. The lowest BCUT2D eigenvalue weighted by Crippen LogP contribution is -2.49. The van der Waals surface area contributed by atoms with E-state index in [1.54, 1.807) is 0 Å². The Morgan fingerprint density at radius 1 is 1.14 bits per heavy atom. The van der Waals surface area contributed by atoms with Crippen LogP contribution < -0.4 is 0 Å². The number of carbonyl (C=O) groups is 1. The van der Waals surface area contributed by atoms with E-state index in [0.29, 0.717) is 13.1 Å². The van der Waals surface area contributed by atoms with Crippen molar-refractivity contribution in [3.8, 4) is 0 Å². The molecule has 0 aliphatic carbocycles. The summed E-state index contributed by atoms with van der Waals surface area (Å²) in [5.41, 5.74) is 3.50. The average Bonchev–Trinajstić information content (AvgIpc) is 2.89. The monoisotopic (exact) mass is 298 g/mol. The molecule has 0 unspecified atom stereocenters. The van der Waals surface area contributed by atoms with E-state index in [2.05, 4.69) is 46.1 Å². The molecule has 0 spiro atoms. The SMILES string of the molecule is Cc1ccc(CN2CCN(Cc3cnc(C)[nH]3)CC2=O)cc1. The van der Waals surface area contributed by atoms with Crippen LogP contribution in [0.15, 0.2) is 30.5 Å². The van der Waals surface area contributed by atoms with Gasteiger partial charge in [-0.15, -0.1) is 0 Å². The third-order valence-corrected chi connectivity index (χ3v) is 4.04. The van der Waals surface area contributed by atoms with Gasteiger partial charge in [0, 0.05) is 38.1 Å². The second kappa shape index (κ2) is 6.32. The number of aryl methyl sites for hydroxylation is 2. The second-order valence-electron chi connectivity index (χ2n) is 6.01. The third-order valence-electron chi connectivity index (χ3n) is 4.04. The van der Waals surface area contributed by atoms with Crippen LogP contribution in [-0.2, 0) is 17.9 Å². The fraction of sp³-hybridized carbons (Fsp3) is 0.412. The fourth-order valence-corrected chi connectivity index (χ4v) is 2.77. The quantitative estimate of drug-likeness (QED) is 0.937. The van der Waals surface area contributed by atoms with Gasteiger partial charge in [-0.3, -0.25) is 9.69 Å². The number of H-pyrrole nitrogens is 1. The summed E-state index contributed by atoms with van der Waals surface area (Å²) >= 11 is 0. The molecule has 5 nitrogen and oxygen atoms in total. The highest BCUT2D eigenvalue weighted by atomic mass is 16.2. The first-order chi connectivity index (χ1) is 10.6. The van der Waals surface area contributed by atoms with Gasteiger partial charge in [0.25, 0.3) is 0 Å². The number of amides is 1.